The Morgan fingerprint density at radius 1 is 1.41 bits per heavy atom. The fourth-order valence-electron chi connectivity index (χ4n) is 3.03. The van der Waals surface area contributed by atoms with Gasteiger partial charge in [0, 0.05) is 25.7 Å². The number of ether oxygens (including phenoxy) is 1. The Hall–Kier alpha value is -1.28. The van der Waals surface area contributed by atoms with E-state index in [4.69, 9.17) is 16.3 Å². The molecule has 0 saturated carbocycles. The summed E-state index contributed by atoms with van der Waals surface area (Å²) in [5.74, 6) is 0.676. The van der Waals surface area contributed by atoms with E-state index in [0.29, 0.717) is 23.4 Å². The van der Waals surface area contributed by atoms with Crippen LogP contribution in [0.3, 0.4) is 0 Å². The monoisotopic (exact) mass is 321 g/mol. The summed E-state index contributed by atoms with van der Waals surface area (Å²) in [7, 11) is 2.13. The van der Waals surface area contributed by atoms with E-state index in [1.165, 1.54) is 0 Å². The molecular weight excluding hydrogens is 298 g/mol. The number of benzene rings is 1. The van der Waals surface area contributed by atoms with E-state index in [9.17, 15) is 5.26 Å². The molecule has 0 spiro atoms. The second-order valence-corrected chi connectivity index (χ2v) is 6.12. The summed E-state index contributed by atoms with van der Waals surface area (Å²) in [4.78, 5) is 4.62. The van der Waals surface area contributed by atoms with Gasteiger partial charge in [-0.05, 0) is 38.1 Å². The average molecular weight is 322 g/mol. The van der Waals surface area contributed by atoms with E-state index in [0.717, 1.165) is 31.6 Å². The van der Waals surface area contributed by atoms with Gasteiger partial charge in [-0.25, -0.2) is 0 Å². The highest BCUT2D eigenvalue weighted by molar-refractivity contribution is 6.32. The van der Waals surface area contributed by atoms with Crippen molar-refractivity contribution in [1.82, 2.24) is 9.80 Å². The quantitative estimate of drug-likeness (QED) is 0.834. The summed E-state index contributed by atoms with van der Waals surface area (Å²) in [6.45, 7) is 7.57. The summed E-state index contributed by atoms with van der Waals surface area (Å²) < 4.78 is 5.47. The number of hydrogen-bond acceptors (Lipinski definition) is 4. The van der Waals surface area contributed by atoms with E-state index in [2.05, 4.69) is 29.8 Å². The second kappa shape index (κ2) is 7.82. The number of halogens is 1. The van der Waals surface area contributed by atoms with Crippen LogP contribution in [0, 0.1) is 11.3 Å². The van der Waals surface area contributed by atoms with Crippen LogP contribution in [0.5, 0.6) is 5.75 Å². The average Bonchev–Trinajstić information content (AvgIpc) is 2.52. The van der Waals surface area contributed by atoms with Crippen molar-refractivity contribution in [3.8, 4) is 11.8 Å². The Bertz CT molecular complexity index is 543. The van der Waals surface area contributed by atoms with Crippen LogP contribution in [0.4, 0.5) is 0 Å². The maximum absolute atomic E-state index is 9.69. The van der Waals surface area contributed by atoms with Gasteiger partial charge in [-0.3, -0.25) is 4.90 Å². The molecule has 0 bridgehead atoms. The molecule has 2 unspecified atom stereocenters. The van der Waals surface area contributed by atoms with Crippen LogP contribution in [0.1, 0.15) is 31.9 Å². The highest BCUT2D eigenvalue weighted by Crippen LogP contribution is 2.32. The molecule has 1 aliphatic heterocycles. The van der Waals surface area contributed by atoms with Gasteiger partial charge in [0.2, 0.25) is 0 Å². The van der Waals surface area contributed by atoms with Crippen LogP contribution in [-0.4, -0.2) is 49.1 Å². The molecule has 5 heteroatoms. The number of hydrogen-bond donors (Lipinski definition) is 0. The van der Waals surface area contributed by atoms with Gasteiger partial charge in [0.1, 0.15) is 11.8 Å². The molecule has 0 N–H and O–H groups in total. The zero-order chi connectivity index (χ0) is 16.1. The zero-order valence-corrected chi connectivity index (χ0v) is 14.3. The molecule has 0 aromatic heterocycles. The molecule has 120 valence electrons. The standard InChI is InChI=1S/C17H24ClN3O/c1-4-14-12-20(3)8-9-21(14)16(11-19)13-6-7-17(22-5-2)15(18)10-13/h6-7,10,14,16H,4-5,8-9,12H2,1-3H3. The summed E-state index contributed by atoms with van der Waals surface area (Å²) in [5, 5.41) is 10.3. The Morgan fingerprint density at radius 3 is 2.77 bits per heavy atom. The summed E-state index contributed by atoms with van der Waals surface area (Å²) >= 11 is 6.28. The van der Waals surface area contributed by atoms with Gasteiger partial charge >= 0.3 is 0 Å². The molecule has 1 fully saturated rings. The number of nitriles is 1. The lowest BCUT2D eigenvalue weighted by atomic mass is 10.0. The van der Waals surface area contributed by atoms with Gasteiger partial charge < -0.3 is 9.64 Å². The first-order chi connectivity index (χ1) is 10.6. The van der Waals surface area contributed by atoms with Gasteiger partial charge in [0.25, 0.3) is 0 Å². The molecule has 22 heavy (non-hydrogen) atoms. The molecule has 1 aromatic carbocycles. The summed E-state index contributed by atoms with van der Waals surface area (Å²) in [6.07, 6.45) is 1.04. The molecule has 1 aliphatic rings. The first kappa shape index (κ1) is 17.1. The summed E-state index contributed by atoms with van der Waals surface area (Å²) in [6, 6.07) is 8.28. The van der Waals surface area contributed by atoms with Crippen molar-refractivity contribution in [2.75, 3.05) is 33.3 Å². The molecule has 1 heterocycles. The van der Waals surface area contributed by atoms with Crippen LogP contribution in [0.15, 0.2) is 18.2 Å². The van der Waals surface area contributed by atoms with Gasteiger partial charge in [-0.1, -0.05) is 24.6 Å². The van der Waals surface area contributed by atoms with Gasteiger partial charge in [0.05, 0.1) is 17.7 Å². The Kier molecular flexibility index (Phi) is 6.07. The number of piperazine rings is 1. The minimum absolute atomic E-state index is 0.258. The van der Waals surface area contributed by atoms with E-state index < -0.39 is 0 Å². The third kappa shape index (κ3) is 3.73. The zero-order valence-electron chi connectivity index (χ0n) is 13.6. The fraction of sp³-hybridized carbons (Fsp3) is 0.588. The second-order valence-electron chi connectivity index (χ2n) is 5.72. The highest BCUT2D eigenvalue weighted by atomic mass is 35.5. The maximum Gasteiger partial charge on any atom is 0.137 e. The minimum atomic E-state index is -0.258. The summed E-state index contributed by atoms with van der Waals surface area (Å²) in [5.41, 5.74) is 0.943. The smallest absolute Gasteiger partial charge is 0.137 e. The van der Waals surface area contributed by atoms with E-state index in [1.807, 2.05) is 25.1 Å². The molecule has 0 radical (unpaired) electrons. The van der Waals surface area contributed by atoms with Crippen molar-refractivity contribution in [3.05, 3.63) is 28.8 Å². The Balaban J connectivity index is 2.24. The van der Waals surface area contributed by atoms with E-state index >= 15 is 0 Å². The number of nitrogens with zero attached hydrogens (tertiary/aromatic N) is 3. The topological polar surface area (TPSA) is 39.5 Å². The van der Waals surface area contributed by atoms with Crippen LogP contribution < -0.4 is 4.74 Å². The molecular formula is C17H24ClN3O. The predicted molar refractivity (Wildman–Crippen MR) is 89.3 cm³/mol. The minimum Gasteiger partial charge on any atom is -0.492 e. The maximum atomic E-state index is 9.69. The third-order valence-electron chi connectivity index (χ3n) is 4.23. The van der Waals surface area contributed by atoms with Crippen LogP contribution in [-0.2, 0) is 0 Å². The van der Waals surface area contributed by atoms with Crippen molar-refractivity contribution in [3.63, 3.8) is 0 Å². The van der Waals surface area contributed by atoms with Crippen molar-refractivity contribution < 1.29 is 4.74 Å². The lowest BCUT2D eigenvalue weighted by molar-refractivity contribution is 0.0675. The van der Waals surface area contributed by atoms with Gasteiger partial charge in [-0.15, -0.1) is 0 Å². The first-order valence-electron chi connectivity index (χ1n) is 7.86. The lowest BCUT2D eigenvalue weighted by Crippen LogP contribution is -2.52. The van der Waals surface area contributed by atoms with Crippen LogP contribution in [0.2, 0.25) is 5.02 Å². The normalized spacial score (nSPS) is 21.3. The first-order valence-corrected chi connectivity index (χ1v) is 8.24. The molecule has 2 rings (SSSR count). The van der Waals surface area contributed by atoms with Crippen molar-refractivity contribution in [1.29, 1.82) is 5.26 Å². The van der Waals surface area contributed by atoms with Crippen molar-refractivity contribution in [2.45, 2.75) is 32.4 Å². The predicted octanol–water partition coefficient (Wildman–Crippen LogP) is 3.33. The third-order valence-corrected chi connectivity index (χ3v) is 4.52. The number of likely N-dealkylation sites (N-methyl/N-ethyl adjacent to an activating group) is 1. The highest BCUT2D eigenvalue weighted by Gasteiger charge is 2.31. The van der Waals surface area contributed by atoms with E-state index in [1.54, 1.807) is 0 Å². The lowest BCUT2D eigenvalue weighted by Gasteiger charge is -2.42. The molecule has 1 aromatic rings. The van der Waals surface area contributed by atoms with Crippen LogP contribution >= 0.6 is 11.6 Å². The van der Waals surface area contributed by atoms with Gasteiger partial charge in [0.15, 0.2) is 0 Å². The largest absolute Gasteiger partial charge is 0.492 e. The van der Waals surface area contributed by atoms with Gasteiger partial charge in [-0.2, -0.15) is 5.26 Å². The molecule has 1 saturated heterocycles. The molecule has 4 nitrogen and oxygen atoms in total. The van der Waals surface area contributed by atoms with E-state index in [-0.39, 0.29) is 6.04 Å². The molecule has 0 aliphatic carbocycles. The number of rotatable bonds is 5. The molecule has 2 atom stereocenters. The molecule has 0 amide bonds. The van der Waals surface area contributed by atoms with Crippen molar-refractivity contribution in [2.24, 2.45) is 0 Å². The Morgan fingerprint density at radius 2 is 2.18 bits per heavy atom. The van der Waals surface area contributed by atoms with Crippen LogP contribution in [0.25, 0.3) is 0 Å². The van der Waals surface area contributed by atoms with Crippen molar-refractivity contribution >= 4 is 11.6 Å². The Labute approximate surface area is 138 Å². The SMILES string of the molecule is CCOc1ccc(C(C#N)N2CCN(C)CC2CC)cc1Cl. The fourth-order valence-corrected chi connectivity index (χ4v) is 3.27.